The van der Waals surface area contributed by atoms with E-state index in [0.29, 0.717) is 5.56 Å². The third-order valence-electron chi connectivity index (χ3n) is 4.70. The molecule has 1 aromatic rings. The normalized spacial score (nSPS) is 23.5. The number of hydrogen-bond acceptors (Lipinski definition) is 1. The lowest BCUT2D eigenvalue weighted by Crippen LogP contribution is -2.15. The highest BCUT2D eigenvalue weighted by Crippen LogP contribution is 2.31. The van der Waals surface area contributed by atoms with Crippen molar-refractivity contribution in [2.75, 3.05) is 0 Å². The highest BCUT2D eigenvalue weighted by Gasteiger charge is 2.19. The van der Waals surface area contributed by atoms with Crippen LogP contribution in [0.5, 0.6) is 0 Å². The first-order chi connectivity index (χ1) is 8.99. The van der Waals surface area contributed by atoms with Crippen LogP contribution < -0.4 is 0 Å². The minimum absolute atomic E-state index is 0.453. The quantitative estimate of drug-likeness (QED) is 0.891. The van der Waals surface area contributed by atoms with Gasteiger partial charge in [0, 0.05) is 17.9 Å². The van der Waals surface area contributed by atoms with Gasteiger partial charge in [0.1, 0.15) is 0 Å². The molecule has 2 rings (SSSR count). The number of hydrogen-bond donors (Lipinski definition) is 1. The molecule has 0 atom stereocenters. The van der Waals surface area contributed by atoms with Crippen LogP contribution in [0.3, 0.4) is 0 Å². The standard InChI is InChI=1S/C16H25NO2/c1-11-4-6-14(7-5-11)8-9-17-12(2)10-15(13(17)3)16(18)19/h10-11,14H,4-9H2,1-3H3,(H,18,19). The Labute approximate surface area is 115 Å². The molecule has 0 bridgehead atoms. The molecule has 1 aliphatic rings. The first kappa shape index (κ1) is 14.2. The lowest BCUT2D eigenvalue weighted by Gasteiger charge is -2.26. The molecule has 1 heterocycles. The molecular weight excluding hydrogens is 238 g/mol. The summed E-state index contributed by atoms with van der Waals surface area (Å²) in [6, 6.07) is 1.79. The second-order valence-electron chi connectivity index (χ2n) is 6.16. The molecule has 1 N–H and O–H groups in total. The Morgan fingerprint density at radius 3 is 2.47 bits per heavy atom. The highest BCUT2D eigenvalue weighted by molar-refractivity contribution is 5.89. The van der Waals surface area contributed by atoms with Gasteiger partial charge in [-0.25, -0.2) is 4.79 Å². The van der Waals surface area contributed by atoms with Crippen molar-refractivity contribution in [3.05, 3.63) is 23.0 Å². The van der Waals surface area contributed by atoms with Crippen molar-refractivity contribution in [2.24, 2.45) is 11.8 Å². The van der Waals surface area contributed by atoms with Crippen LogP contribution in [0, 0.1) is 25.7 Å². The monoisotopic (exact) mass is 263 g/mol. The van der Waals surface area contributed by atoms with Gasteiger partial charge in [0.15, 0.2) is 0 Å². The molecule has 1 aromatic heterocycles. The Balaban J connectivity index is 1.98. The number of carboxylic acids is 1. The maximum absolute atomic E-state index is 11.1. The smallest absolute Gasteiger partial charge is 0.337 e. The molecule has 0 aliphatic heterocycles. The van der Waals surface area contributed by atoms with E-state index in [1.54, 1.807) is 6.07 Å². The molecule has 19 heavy (non-hydrogen) atoms. The van der Waals surface area contributed by atoms with Gasteiger partial charge in [-0.2, -0.15) is 0 Å². The van der Waals surface area contributed by atoms with Crippen LogP contribution in [-0.2, 0) is 6.54 Å². The van der Waals surface area contributed by atoms with Crippen LogP contribution in [0.15, 0.2) is 6.07 Å². The molecule has 0 saturated heterocycles. The number of rotatable bonds is 4. The summed E-state index contributed by atoms with van der Waals surface area (Å²) < 4.78 is 2.17. The third-order valence-corrected chi connectivity index (χ3v) is 4.70. The fourth-order valence-electron chi connectivity index (χ4n) is 3.29. The highest BCUT2D eigenvalue weighted by atomic mass is 16.4. The van der Waals surface area contributed by atoms with Crippen LogP contribution in [-0.4, -0.2) is 15.6 Å². The Morgan fingerprint density at radius 2 is 1.95 bits per heavy atom. The van der Waals surface area contributed by atoms with E-state index >= 15 is 0 Å². The van der Waals surface area contributed by atoms with Crippen molar-refractivity contribution >= 4 is 5.97 Å². The molecule has 1 fully saturated rings. The minimum atomic E-state index is -0.814. The van der Waals surface area contributed by atoms with Gasteiger partial charge in [0.05, 0.1) is 5.56 Å². The fourth-order valence-corrected chi connectivity index (χ4v) is 3.29. The van der Waals surface area contributed by atoms with Gasteiger partial charge in [0.25, 0.3) is 0 Å². The largest absolute Gasteiger partial charge is 0.478 e. The molecule has 1 saturated carbocycles. The van der Waals surface area contributed by atoms with Gasteiger partial charge in [-0.3, -0.25) is 0 Å². The lowest BCUT2D eigenvalue weighted by molar-refractivity contribution is 0.0696. The van der Waals surface area contributed by atoms with E-state index in [4.69, 9.17) is 5.11 Å². The van der Waals surface area contributed by atoms with E-state index in [-0.39, 0.29) is 0 Å². The molecule has 106 valence electrons. The van der Waals surface area contributed by atoms with E-state index in [9.17, 15) is 4.79 Å². The van der Waals surface area contributed by atoms with Crippen LogP contribution in [0.1, 0.15) is 60.8 Å². The van der Waals surface area contributed by atoms with Gasteiger partial charge in [-0.1, -0.05) is 32.6 Å². The van der Waals surface area contributed by atoms with E-state index in [2.05, 4.69) is 11.5 Å². The van der Waals surface area contributed by atoms with E-state index in [1.807, 2.05) is 13.8 Å². The molecule has 0 unspecified atom stereocenters. The summed E-state index contributed by atoms with van der Waals surface area (Å²) in [7, 11) is 0. The number of aryl methyl sites for hydroxylation is 1. The second-order valence-corrected chi connectivity index (χ2v) is 6.16. The predicted octanol–water partition coefficient (Wildman–Crippen LogP) is 4.02. The summed E-state index contributed by atoms with van der Waals surface area (Å²) in [5.74, 6) is 0.904. The van der Waals surface area contributed by atoms with Gasteiger partial charge < -0.3 is 9.67 Å². The number of carbonyl (C=O) groups is 1. The van der Waals surface area contributed by atoms with Crippen molar-refractivity contribution in [3.63, 3.8) is 0 Å². The number of nitrogens with zero attached hydrogens (tertiary/aromatic N) is 1. The summed E-state index contributed by atoms with van der Waals surface area (Å²) in [5.41, 5.74) is 2.42. The maximum Gasteiger partial charge on any atom is 0.337 e. The zero-order valence-electron chi connectivity index (χ0n) is 12.3. The third kappa shape index (κ3) is 3.20. The molecule has 0 amide bonds. The van der Waals surface area contributed by atoms with Crippen molar-refractivity contribution < 1.29 is 9.90 Å². The van der Waals surface area contributed by atoms with Gasteiger partial charge in [-0.05, 0) is 38.2 Å². The summed E-state index contributed by atoms with van der Waals surface area (Å²) in [6.45, 7) is 7.22. The summed E-state index contributed by atoms with van der Waals surface area (Å²) in [4.78, 5) is 11.1. The Kier molecular flexibility index (Phi) is 4.33. The Hall–Kier alpha value is -1.25. The van der Waals surface area contributed by atoms with Crippen molar-refractivity contribution in [2.45, 2.75) is 59.4 Å². The van der Waals surface area contributed by atoms with Crippen molar-refractivity contribution in [1.82, 2.24) is 4.57 Å². The number of aromatic carboxylic acids is 1. The molecule has 0 aromatic carbocycles. The van der Waals surface area contributed by atoms with E-state index < -0.39 is 5.97 Å². The average molecular weight is 263 g/mol. The predicted molar refractivity (Wildman–Crippen MR) is 76.6 cm³/mol. The summed E-state index contributed by atoms with van der Waals surface area (Å²) in [5, 5.41) is 9.14. The van der Waals surface area contributed by atoms with Crippen molar-refractivity contribution in [1.29, 1.82) is 0 Å². The van der Waals surface area contributed by atoms with Crippen LogP contribution in [0.2, 0.25) is 0 Å². The first-order valence-electron chi connectivity index (χ1n) is 7.39. The molecule has 0 spiro atoms. The zero-order chi connectivity index (χ0) is 14.0. The lowest BCUT2D eigenvalue weighted by atomic mass is 9.81. The average Bonchev–Trinajstić information content (AvgIpc) is 2.65. The molecule has 3 heteroatoms. The van der Waals surface area contributed by atoms with Gasteiger partial charge in [0.2, 0.25) is 0 Å². The molecule has 3 nitrogen and oxygen atoms in total. The van der Waals surface area contributed by atoms with Crippen LogP contribution in [0.25, 0.3) is 0 Å². The zero-order valence-corrected chi connectivity index (χ0v) is 12.3. The molecular formula is C16H25NO2. The van der Waals surface area contributed by atoms with Gasteiger partial charge >= 0.3 is 5.97 Å². The SMILES string of the molecule is Cc1cc(C(=O)O)c(C)n1CCC1CCC(C)CC1. The topological polar surface area (TPSA) is 42.2 Å². The van der Waals surface area contributed by atoms with E-state index in [1.165, 1.54) is 32.1 Å². The fraction of sp³-hybridized carbons (Fsp3) is 0.688. The second kappa shape index (κ2) is 5.81. The molecule has 1 aliphatic carbocycles. The minimum Gasteiger partial charge on any atom is -0.478 e. The number of carboxylic acid groups (broad SMARTS) is 1. The maximum atomic E-state index is 11.1. The first-order valence-corrected chi connectivity index (χ1v) is 7.39. The van der Waals surface area contributed by atoms with E-state index in [0.717, 1.165) is 29.8 Å². The number of aromatic nitrogens is 1. The summed E-state index contributed by atoms with van der Waals surface area (Å²) >= 11 is 0. The van der Waals surface area contributed by atoms with Crippen LogP contribution >= 0.6 is 0 Å². The Bertz CT molecular complexity index is 454. The summed E-state index contributed by atoms with van der Waals surface area (Å²) in [6.07, 6.45) is 6.57. The molecule has 0 radical (unpaired) electrons. The Morgan fingerprint density at radius 1 is 1.32 bits per heavy atom. The van der Waals surface area contributed by atoms with Gasteiger partial charge in [-0.15, -0.1) is 0 Å². The van der Waals surface area contributed by atoms with Crippen LogP contribution in [0.4, 0.5) is 0 Å². The van der Waals surface area contributed by atoms with Crippen molar-refractivity contribution in [3.8, 4) is 0 Å².